The monoisotopic (exact) mass is 405 g/mol. The van der Waals surface area contributed by atoms with E-state index in [0.717, 1.165) is 21.3 Å². The first-order valence-corrected chi connectivity index (χ1v) is 9.71. The maximum absolute atomic E-state index is 14.3. The number of aliphatic imine (C=N–C) groups is 1. The lowest BCUT2D eigenvalue weighted by Crippen LogP contribution is -2.20. The Hall–Kier alpha value is -3.29. The fourth-order valence-electron chi connectivity index (χ4n) is 3.35. The lowest BCUT2D eigenvalue weighted by atomic mass is 9.93. The van der Waals surface area contributed by atoms with Gasteiger partial charge in [0.25, 0.3) is 0 Å². The molecule has 1 aliphatic heterocycles. The van der Waals surface area contributed by atoms with Gasteiger partial charge in [-0.3, -0.25) is 13.6 Å². The van der Waals surface area contributed by atoms with Gasteiger partial charge in [0, 0.05) is 22.9 Å². The molecule has 30 heavy (non-hydrogen) atoms. The second-order valence-corrected chi connectivity index (χ2v) is 8.29. The zero-order valence-electron chi connectivity index (χ0n) is 17.3. The van der Waals surface area contributed by atoms with Crippen molar-refractivity contribution in [1.29, 1.82) is 0 Å². The van der Waals surface area contributed by atoms with E-state index in [1.165, 1.54) is 4.68 Å². The van der Waals surface area contributed by atoms with Gasteiger partial charge in [-0.1, -0.05) is 55.8 Å². The number of halogens is 2. The fourth-order valence-corrected chi connectivity index (χ4v) is 3.35. The zero-order valence-corrected chi connectivity index (χ0v) is 17.3. The van der Waals surface area contributed by atoms with Crippen molar-refractivity contribution in [3.05, 3.63) is 83.0 Å². The van der Waals surface area contributed by atoms with Crippen LogP contribution in [0, 0.1) is 6.92 Å². The highest BCUT2D eigenvalue weighted by molar-refractivity contribution is 6.42. The van der Waals surface area contributed by atoms with Crippen LogP contribution in [-0.4, -0.2) is 33.1 Å². The van der Waals surface area contributed by atoms with E-state index in [0.29, 0.717) is 17.0 Å². The molecule has 0 aliphatic carbocycles. The van der Waals surface area contributed by atoms with E-state index >= 15 is 0 Å². The molecule has 0 amide bonds. The number of aryl methyl sites for hydroxylation is 1. The average Bonchev–Trinajstić information content (AvgIpc) is 3.43. The summed E-state index contributed by atoms with van der Waals surface area (Å²) >= 11 is 0. The largest absolute Gasteiger partial charge is 0.679 e. The SMILES string of the molecule is Cc1ccc(/C(=C2/C=CC=N2)c2ccc(-n3cc(C(C)(C)C)nn3)n2B(F)F)cc1. The van der Waals surface area contributed by atoms with Gasteiger partial charge in [0.1, 0.15) is 5.82 Å². The molecule has 0 radical (unpaired) electrons. The van der Waals surface area contributed by atoms with E-state index in [4.69, 9.17) is 0 Å². The molecular formula is C22H22BF2N5. The van der Waals surface area contributed by atoms with Crippen LogP contribution in [0.25, 0.3) is 11.4 Å². The molecule has 3 aromatic rings. The number of hydrogen-bond donors (Lipinski definition) is 0. The quantitative estimate of drug-likeness (QED) is 0.583. The lowest BCUT2D eigenvalue weighted by molar-refractivity contribution is 0.566. The first-order valence-electron chi connectivity index (χ1n) is 9.71. The van der Waals surface area contributed by atoms with E-state index in [2.05, 4.69) is 15.3 Å². The summed E-state index contributed by atoms with van der Waals surface area (Å²) in [5.74, 6) is 0.249. The van der Waals surface area contributed by atoms with Gasteiger partial charge < -0.3 is 4.48 Å². The highest BCUT2D eigenvalue weighted by atomic mass is 19.2. The lowest BCUT2D eigenvalue weighted by Gasteiger charge is -2.15. The third kappa shape index (κ3) is 3.65. The van der Waals surface area contributed by atoms with Crippen LogP contribution in [0.4, 0.5) is 8.63 Å². The molecule has 0 N–H and O–H groups in total. The smallest absolute Gasteiger partial charge is 0.310 e. The minimum Gasteiger partial charge on any atom is -0.310 e. The molecule has 0 fully saturated rings. The summed E-state index contributed by atoms with van der Waals surface area (Å²) in [6.45, 7) is 8.00. The van der Waals surface area contributed by atoms with Crippen molar-refractivity contribution in [3.8, 4) is 5.82 Å². The molecule has 3 heterocycles. The first-order chi connectivity index (χ1) is 14.3. The van der Waals surface area contributed by atoms with Crippen LogP contribution in [0.3, 0.4) is 0 Å². The Morgan fingerprint density at radius 2 is 1.77 bits per heavy atom. The predicted molar refractivity (Wildman–Crippen MR) is 116 cm³/mol. The van der Waals surface area contributed by atoms with E-state index < -0.39 is 7.40 Å². The van der Waals surface area contributed by atoms with E-state index in [1.54, 1.807) is 30.6 Å². The summed E-state index contributed by atoms with van der Waals surface area (Å²) in [5, 5.41) is 8.28. The Morgan fingerprint density at radius 3 is 2.33 bits per heavy atom. The maximum Gasteiger partial charge on any atom is 0.679 e. The molecule has 0 spiro atoms. The number of rotatable bonds is 4. The molecule has 1 aliphatic rings. The molecule has 5 nitrogen and oxygen atoms in total. The van der Waals surface area contributed by atoms with Crippen molar-refractivity contribution in [1.82, 2.24) is 19.5 Å². The first kappa shape index (κ1) is 20.0. The third-order valence-electron chi connectivity index (χ3n) is 4.99. The van der Waals surface area contributed by atoms with Crippen molar-refractivity contribution < 1.29 is 8.63 Å². The number of hydrogen-bond acceptors (Lipinski definition) is 3. The van der Waals surface area contributed by atoms with E-state index in [1.807, 2.05) is 58.0 Å². The van der Waals surface area contributed by atoms with E-state index in [9.17, 15) is 8.63 Å². The summed E-state index contributed by atoms with van der Waals surface area (Å²) in [7, 11) is -2.76. The minimum atomic E-state index is -2.76. The molecule has 0 atom stereocenters. The minimum absolute atomic E-state index is 0.234. The Balaban J connectivity index is 1.91. The normalized spacial score (nSPS) is 15.1. The second kappa shape index (κ2) is 7.52. The average molecular weight is 405 g/mol. The fraction of sp³-hybridized carbons (Fsp3) is 0.227. The van der Waals surface area contributed by atoms with Crippen molar-refractivity contribution in [3.63, 3.8) is 0 Å². The summed E-state index contributed by atoms with van der Waals surface area (Å²) < 4.78 is 31.0. The molecule has 0 saturated carbocycles. The predicted octanol–water partition coefficient (Wildman–Crippen LogP) is 4.85. The maximum atomic E-state index is 14.3. The van der Waals surface area contributed by atoms with Gasteiger partial charge in [-0.2, -0.15) is 0 Å². The highest BCUT2D eigenvalue weighted by Gasteiger charge is 2.29. The molecule has 0 saturated heterocycles. The molecular weight excluding hydrogens is 383 g/mol. The molecule has 8 heteroatoms. The summed E-state index contributed by atoms with van der Waals surface area (Å²) in [4.78, 5) is 4.38. The van der Waals surface area contributed by atoms with Crippen LogP contribution in [0.15, 0.2) is 65.4 Å². The van der Waals surface area contributed by atoms with Gasteiger partial charge in [-0.05, 0) is 36.8 Å². The van der Waals surface area contributed by atoms with Crippen LogP contribution >= 0.6 is 0 Å². The molecule has 152 valence electrons. The standard InChI is InChI=1S/C22H22BF2N5/c1-15-7-9-16(10-8-15)21(17-6-5-13-26-17)18-11-12-20(30(18)23(24)25)29-14-19(27-28-29)22(2,3)4/h5-14H,1-4H3/b21-17+. The second-order valence-electron chi connectivity index (χ2n) is 8.29. The Morgan fingerprint density at radius 1 is 1.03 bits per heavy atom. The number of allylic oxidation sites excluding steroid dienone is 2. The Bertz CT molecular complexity index is 1150. The topological polar surface area (TPSA) is 48.0 Å². The van der Waals surface area contributed by atoms with Gasteiger partial charge in [0.05, 0.1) is 17.6 Å². The van der Waals surface area contributed by atoms with Crippen molar-refractivity contribution >= 4 is 19.2 Å². The van der Waals surface area contributed by atoms with E-state index in [-0.39, 0.29) is 11.2 Å². The summed E-state index contributed by atoms with van der Waals surface area (Å²) in [5.41, 5.74) is 4.06. The third-order valence-corrected chi connectivity index (χ3v) is 4.99. The number of aromatic nitrogens is 4. The summed E-state index contributed by atoms with van der Waals surface area (Å²) in [6, 6.07) is 11.1. The number of nitrogens with zero attached hydrogens (tertiary/aromatic N) is 5. The molecule has 2 aromatic heterocycles. The highest BCUT2D eigenvalue weighted by Crippen LogP contribution is 2.33. The van der Waals surface area contributed by atoms with Crippen molar-refractivity contribution in [2.24, 2.45) is 4.99 Å². The molecule has 4 rings (SSSR count). The Kier molecular flexibility index (Phi) is 5.01. The van der Waals surface area contributed by atoms with Crippen molar-refractivity contribution in [2.75, 3.05) is 0 Å². The Labute approximate surface area is 174 Å². The van der Waals surface area contributed by atoms with Gasteiger partial charge >= 0.3 is 7.40 Å². The van der Waals surface area contributed by atoms with Crippen LogP contribution in [0.2, 0.25) is 0 Å². The molecule has 1 aromatic carbocycles. The van der Waals surface area contributed by atoms with Gasteiger partial charge in [0.2, 0.25) is 0 Å². The molecule has 0 unspecified atom stereocenters. The van der Waals surface area contributed by atoms with Crippen LogP contribution in [0.5, 0.6) is 0 Å². The number of benzene rings is 1. The van der Waals surface area contributed by atoms with Crippen molar-refractivity contribution in [2.45, 2.75) is 33.1 Å². The van der Waals surface area contributed by atoms with Gasteiger partial charge in [0.15, 0.2) is 0 Å². The summed E-state index contributed by atoms with van der Waals surface area (Å²) in [6.07, 6.45) is 6.98. The van der Waals surface area contributed by atoms with Crippen LogP contribution in [0.1, 0.15) is 43.3 Å². The zero-order chi connectivity index (χ0) is 21.5. The van der Waals surface area contributed by atoms with Gasteiger partial charge in [-0.25, -0.2) is 4.68 Å². The van der Waals surface area contributed by atoms with Crippen LogP contribution < -0.4 is 0 Å². The molecule has 0 bridgehead atoms. The van der Waals surface area contributed by atoms with Gasteiger partial charge in [-0.15, -0.1) is 5.10 Å². The van der Waals surface area contributed by atoms with Crippen LogP contribution in [-0.2, 0) is 5.41 Å².